The Morgan fingerprint density at radius 2 is 1.94 bits per heavy atom. The van der Waals surface area contributed by atoms with Gasteiger partial charge in [-0.3, -0.25) is 15.1 Å². The van der Waals surface area contributed by atoms with E-state index in [0.29, 0.717) is 18.4 Å². The average molecular weight is 245 g/mol. The van der Waals surface area contributed by atoms with Crippen LogP contribution in [0, 0.1) is 0 Å². The lowest BCUT2D eigenvalue weighted by atomic mass is 9.99. The molecule has 0 spiro atoms. The van der Waals surface area contributed by atoms with E-state index >= 15 is 0 Å². The lowest BCUT2D eigenvalue weighted by Crippen LogP contribution is -2.25. The highest BCUT2D eigenvalue weighted by molar-refractivity contribution is 6.06. The first-order valence-electron chi connectivity index (χ1n) is 6.33. The van der Waals surface area contributed by atoms with Gasteiger partial charge in [-0.05, 0) is 24.0 Å². The topological polar surface area (TPSA) is 53.5 Å². The number of carbonyl (C=O) groups is 1. The number of hydrogen-bond donors (Lipinski definition) is 2. The van der Waals surface area contributed by atoms with Gasteiger partial charge < -0.3 is 5.32 Å². The van der Waals surface area contributed by atoms with Crippen LogP contribution < -0.4 is 10.6 Å². The van der Waals surface area contributed by atoms with Gasteiger partial charge in [-0.2, -0.15) is 0 Å². The molecule has 96 valence electrons. The number of amides is 1. The summed E-state index contributed by atoms with van der Waals surface area (Å²) in [7, 11) is 0. The number of nitrogens with zero attached hydrogens (tertiary/aromatic N) is 1. The van der Waals surface area contributed by atoms with Crippen LogP contribution in [0.5, 0.6) is 0 Å². The number of benzene rings is 1. The summed E-state index contributed by atoms with van der Waals surface area (Å²) in [4.78, 5) is 16.0. The summed E-state index contributed by atoms with van der Waals surface area (Å²) in [5.74, 6) is 1.03. The number of hydrogen-bond acceptors (Lipinski definition) is 2. The van der Waals surface area contributed by atoms with Crippen molar-refractivity contribution in [2.45, 2.75) is 32.7 Å². The molecule has 1 heterocycles. The van der Waals surface area contributed by atoms with Crippen molar-refractivity contribution >= 4 is 11.9 Å². The van der Waals surface area contributed by atoms with Crippen molar-refractivity contribution in [3.8, 4) is 0 Å². The van der Waals surface area contributed by atoms with Crippen molar-refractivity contribution < 1.29 is 4.79 Å². The highest BCUT2D eigenvalue weighted by Crippen LogP contribution is 2.20. The molecule has 2 N–H and O–H groups in total. The van der Waals surface area contributed by atoms with E-state index in [9.17, 15) is 4.79 Å². The van der Waals surface area contributed by atoms with Crippen LogP contribution in [0.3, 0.4) is 0 Å². The van der Waals surface area contributed by atoms with Gasteiger partial charge in [-0.1, -0.05) is 38.1 Å². The second-order valence-electron chi connectivity index (χ2n) is 4.71. The van der Waals surface area contributed by atoms with Crippen LogP contribution in [0.1, 0.15) is 43.9 Å². The molecule has 2 rings (SSSR count). The van der Waals surface area contributed by atoms with Crippen LogP contribution in [0.15, 0.2) is 29.3 Å². The van der Waals surface area contributed by atoms with Crippen molar-refractivity contribution in [2.75, 3.05) is 6.54 Å². The lowest BCUT2D eigenvalue weighted by molar-refractivity contribution is -0.120. The first-order valence-corrected chi connectivity index (χ1v) is 6.33. The van der Waals surface area contributed by atoms with Crippen LogP contribution in [0.4, 0.5) is 0 Å². The summed E-state index contributed by atoms with van der Waals surface area (Å²) in [6.45, 7) is 6.90. The molecule has 0 bridgehead atoms. The summed E-state index contributed by atoms with van der Waals surface area (Å²) in [6.07, 6.45) is 0. The third-order valence-electron chi connectivity index (χ3n) is 3.04. The summed E-state index contributed by atoms with van der Waals surface area (Å²) in [5, 5.41) is 5.84. The number of aliphatic imine (C=N–C) groups is 1. The van der Waals surface area contributed by atoms with Gasteiger partial charge in [-0.15, -0.1) is 0 Å². The van der Waals surface area contributed by atoms with Crippen molar-refractivity contribution in [3.05, 3.63) is 35.4 Å². The summed E-state index contributed by atoms with van der Waals surface area (Å²) in [5.41, 5.74) is 2.25. The second-order valence-corrected chi connectivity index (χ2v) is 4.71. The number of rotatable bonds is 3. The van der Waals surface area contributed by atoms with E-state index in [1.165, 1.54) is 5.56 Å². The second kappa shape index (κ2) is 5.21. The van der Waals surface area contributed by atoms with E-state index in [4.69, 9.17) is 0 Å². The van der Waals surface area contributed by atoms with Gasteiger partial charge in [0, 0.05) is 6.54 Å². The van der Waals surface area contributed by atoms with Crippen LogP contribution >= 0.6 is 0 Å². The summed E-state index contributed by atoms with van der Waals surface area (Å²) >= 11 is 0. The molecular weight excluding hydrogens is 226 g/mol. The Morgan fingerprint density at radius 1 is 1.28 bits per heavy atom. The maximum Gasteiger partial charge on any atom is 0.253 e. The van der Waals surface area contributed by atoms with Crippen LogP contribution in [-0.4, -0.2) is 18.4 Å². The Kier molecular flexibility index (Phi) is 3.65. The molecule has 18 heavy (non-hydrogen) atoms. The molecule has 0 radical (unpaired) electrons. The maximum atomic E-state index is 11.8. The molecule has 4 nitrogen and oxygen atoms in total. The highest BCUT2D eigenvalue weighted by Gasteiger charge is 2.29. The molecule has 1 fully saturated rings. The van der Waals surface area contributed by atoms with Gasteiger partial charge in [0.25, 0.3) is 5.91 Å². The largest absolute Gasteiger partial charge is 0.340 e. The number of guanidine groups is 1. The van der Waals surface area contributed by atoms with E-state index in [1.807, 2.05) is 19.1 Å². The molecule has 1 aliphatic rings. The summed E-state index contributed by atoms with van der Waals surface area (Å²) in [6, 6.07) is 7.83. The molecule has 0 aromatic heterocycles. The van der Waals surface area contributed by atoms with Gasteiger partial charge in [0.1, 0.15) is 6.04 Å². The van der Waals surface area contributed by atoms with Crippen LogP contribution in [0.2, 0.25) is 0 Å². The summed E-state index contributed by atoms with van der Waals surface area (Å²) < 4.78 is 0. The predicted octanol–water partition coefficient (Wildman–Crippen LogP) is 1.95. The van der Waals surface area contributed by atoms with E-state index in [-0.39, 0.29) is 11.9 Å². The normalized spacial score (nSPS) is 21.2. The number of carbonyl (C=O) groups excluding carboxylic acids is 1. The highest BCUT2D eigenvalue weighted by atomic mass is 16.2. The molecule has 0 aliphatic carbocycles. The van der Waals surface area contributed by atoms with Crippen LogP contribution in [0.25, 0.3) is 0 Å². The first-order chi connectivity index (χ1) is 8.61. The Labute approximate surface area is 108 Å². The third kappa shape index (κ3) is 2.53. The molecule has 1 saturated heterocycles. The van der Waals surface area contributed by atoms with E-state index in [2.05, 4.69) is 41.6 Å². The lowest BCUT2D eigenvalue weighted by Gasteiger charge is -2.10. The van der Waals surface area contributed by atoms with Crippen molar-refractivity contribution in [2.24, 2.45) is 4.99 Å². The average Bonchev–Trinajstić information content (AvgIpc) is 2.71. The zero-order valence-electron chi connectivity index (χ0n) is 11.0. The van der Waals surface area contributed by atoms with Crippen molar-refractivity contribution in [1.82, 2.24) is 10.6 Å². The molecule has 1 unspecified atom stereocenters. The molecule has 1 aliphatic heterocycles. The number of nitrogens with one attached hydrogen (secondary N) is 2. The molecule has 4 heteroatoms. The minimum atomic E-state index is -0.323. The SMILES string of the molecule is CCN=C1NC(=O)C(c2ccc(C(C)C)cc2)N1. The Balaban J connectivity index is 2.17. The molecule has 1 aromatic carbocycles. The van der Waals surface area contributed by atoms with Crippen molar-refractivity contribution in [3.63, 3.8) is 0 Å². The van der Waals surface area contributed by atoms with E-state index in [0.717, 1.165) is 5.56 Å². The van der Waals surface area contributed by atoms with Gasteiger partial charge in [0.15, 0.2) is 5.96 Å². The monoisotopic (exact) mass is 245 g/mol. The molecule has 1 amide bonds. The predicted molar refractivity (Wildman–Crippen MR) is 72.5 cm³/mol. The first kappa shape index (κ1) is 12.6. The molecular formula is C14H19N3O. The Morgan fingerprint density at radius 3 is 2.50 bits per heavy atom. The molecule has 0 saturated carbocycles. The minimum absolute atomic E-state index is 0.0421. The van der Waals surface area contributed by atoms with Crippen LogP contribution in [-0.2, 0) is 4.79 Å². The molecule has 1 aromatic rings. The quantitative estimate of drug-likeness (QED) is 0.855. The zero-order chi connectivity index (χ0) is 13.1. The van der Waals surface area contributed by atoms with E-state index < -0.39 is 0 Å². The standard InChI is InChI=1S/C14H19N3O/c1-4-15-14-16-12(13(18)17-14)11-7-5-10(6-8-11)9(2)3/h5-9,12H,4H2,1-3H3,(H2,15,16,17,18). The van der Waals surface area contributed by atoms with Gasteiger partial charge in [0.05, 0.1) is 0 Å². The van der Waals surface area contributed by atoms with Gasteiger partial charge >= 0.3 is 0 Å². The molecule has 1 atom stereocenters. The van der Waals surface area contributed by atoms with Gasteiger partial charge in [0.2, 0.25) is 0 Å². The Hall–Kier alpha value is -1.84. The Bertz CT molecular complexity index is 462. The fraction of sp³-hybridized carbons (Fsp3) is 0.429. The van der Waals surface area contributed by atoms with E-state index in [1.54, 1.807) is 0 Å². The fourth-order valence-electron chi connectivity index (χ4n) is 1.98. The van der Waals surface area contributed by atoms with Crippen molar-refractivity contribution in [1.29, 1.82) is 0 Å². The smallest absolute Gasteiger partial charge is 0.253 e. The fourth-order valence-corrected chi connectivity index (χ4v) is 1.98. The van der Waals surface area contributed by atoms with Gasteiger partial charge in [-0.25, -0.2) is 0 Å². The zero-order valence-corrected chi connectivity index (χ0v) is 11.0. The minimum Gasteiger partial charge on any atom is -0.340 e. The maximum absolute atomic E-state index is 11.8. The third-order valence-corrected chi connectivity index (χ3v) is 3.04.